The Morgan fingerprint density at radius 2 is 2.13 bits per heavy atom. The van der Waals surface area contributed by atoms with E-state index in [1.807, 2.05) is 19.9 Å². The Hall–Kier alpha value is -1.03. The van der Waals surface area contributed by atoms with Crippen molar-refractivity contribution in [2.24, 2.45) is 0 Å². The second-order valence-corrected chi connectivity index (χ2v) is 4.08. The van der Waals surface area contributed by atoms with E-state index < -0.39 is 5.97 Å². The number of rotatable bonds is 4. The number of carboxylic acids is 1. The minimum absolute atomic E-state index is 0.364. The van der Waals surface area contributed by atoms with E-state index in [1.54, 1.807) is 6.07 Å². The van der Waals surface area contributed by atoms with Gasteiger partial charge in [0.25, 0.3) is 0 Å². The summed E-state index contributed by atoms with van der Waals surface area (Å²) in [5, 5.41) is 12.2. The summed E-state index contributed by atoms with van der Waals surface area (Å²) in [5.41, 5.74) is 2.11. The first-order chi connectivity index (χ1) is 7.10. The van der Waals surface area contributed by atoms with Gasteiger partial charge in [-0.3, -0.25) is 0 Å². The van der Waals surface area contributed by atoms with Gasteiger partial charge < -0.3 is 10.4 Å². The molecule has 0 aliphatic rings. The Labute approximate surface area is 97.6 Å². The molecule has 1 aromatic rings. The quantitative estimate of drug-likeness (QED) is 0.885. The maximum absolute atomic E-state index is 11.0. The highest BCUT2D eigenvalue weighted by atomic mass is 79.9. The molecule has 0 atom stereocenters. The molecule has 0 saturated carbocycles. The summed E-state index contributed by atoms with van der Waals surface area (Å²) >= 11 is 3.31. The summed E-state index contributed by atoms with van der Waals surface area (Å²) < 4.78 is 0.785. The van der Waals surface area contributed by atoms with E-state index in [1.165, 1.54) is 0 Å². The van der Waals surface area contributed by atoms with Crippen LogP contribution >= 0.6 is 15.9 Å². The molecular formula is C11H14BrNO2. The molecular weight excluding hydrogens is 258 g/mol. The van der Waals surface area contributed by atoms with Crippen LogP contribution in [0.4, 0.5) is 5.69 Å². The molecule has 2 N–H and O–H groups in total. The monoisotopic (exact) mass is 271 g/mol. The van der Waals surface area contributed by atoms with Crippen LogP contribution in [0.3, 0.4) is 0 Å². The molecule has 0 aliphatic carbocycles. The van der Waals surface area contributed by atoms with Crippen LogP contribution in [0.1, 0.15) is 29.8 Å². The fourth-order valence-electron chi connectivity index (χ4n) is 1.56. The Bertz CT molecular complexity index is 377. The Morgan fingerprint density at radius 1 is 1.47 bits per heavy atom. The molecule has 0 heterocycles. The molecule has 0 aliphatic heterocycles. The van der Waals surface area contributed by atoms with Crippen LogP contribution in [-0.4, -0.2) is 17.6 Å². The zero-order chi connectivity index (χ0) is 11.4. The van der Waals surface area contributed by atoms with Gasteiger partial charge in [-0.05, 0) is 31.0 Å². The van der Waals surface area contributed by atoms with Crippen molar-refractivity contribution in [1.82, 2.24) is 0 Å². The maximum atomic E-state index is 11.0. The number of hydrogen-bond acceptors (Lipinski definition) is 2. The van der Waals surface area contributed by atoms with Gasteiger partial charge in [-0.2, -0.15) is 0 Å². The lowest BCUT2D eigenvalue weighted by atomic mass is 10.0. The second kappa shape index (κ2) is 5.16. The summed E-state index contributed by atoms with van der Waals surface area (Å²) in [4.78, 5) is 11.0. The average molecular weight is 272 g/mol. The van der Waals surface area contributed by atoms with E-state index in [0.29, 0.717) is 12.0 Å². The number of carboxylic acid groups (broad SMARTS) is 1. The summed E-state index contributed by atoms with van der Waals surface area (Å²) in [6, 6.07) is 3.55. The standard InChI is InChI=1S/C11H14BrNO2/c1-3-8-9(11(14)15)5-7(12)6-10(8)13-4-2/h5-6,13H,3-4H2,1-2H3,(H,14,15). The summed E-state index contributed by atoms with van der Waals surface area (Å²) in [6.07, 6.45) is 0.706. The van der Waals surface area contributed by atoms with E-state index in [-0.39, 0.29) is 0 Å². The van der Waals surface area contributed by atoms with Gasteiger partial charge in [0, 0.05) is 16.7 Å². The summed E-state index contributed by atoms with van der Waals surface area (Å²) in [7, 11) is 0. The van der Waals surface area contributed by atoms with Crippen molar-refractivity contribution >= 4 is 27.6 Å². The molecule has 15 heavy (non-hydrogen) atoms. The van der Waals surface area contributed by atoms with Gasteiger partial charge in [0.1, 0.15) is 0 Å². The molecule has 1 aromatic carbocycles. The summed E-state index contributed by atoms with van der Waals surface area (Å²) in [6.45, 7) is 4.72. The Kier molecular flexibility index (Phi) is 4.15. The van der Waals surface area contributed by atoms with Crippen molar-refractivity contribution in [2.45, 2.75) is 20.3 Å². The highest BCUT2D eigenvalue weighted by Crippen LogP contribution is 2.26. The first-order valence-corrected chi connectivity index (χ1v) is 5.69. The number of aromatic carboxylic acids is 1. The third-order valence-electron chi connectivity index (χ3n) is 2.17. The molecule has 0 radical (unpaired) electrons. The van der Waals surface area contributed by atoms with E-state index >= 15 is 0 Å². The lowest BCUT2D eigenvalue weighted by molar-refractivity contribution is 0.0695. The van der Waals surface area contributed by atoms with E-state index in [0.717, 1.165) is 22.3 Å². The van der Waals surface area contributed by atoms with Crippen LogP contribution in [0.5, 0.6) is 0 Å². The van der Waals surface area contributed by atoms with Crippen molar-refractivity contribution in [3.63, 3.8) is 0 Å². The molecule has 0 saturated heterocycles. The number of nitrogens with one attached hydrogen (secondary N) is 1. The third kappa shape index (κ3) is 2.72. The molecule has 1 rings (SSSR count). The maximum Gasteiger partial charge on any atom is 0.336 e. The van der Waals surface area contributed by atoms with Crippen molar-refractivity contribution in [1.29, 1.82) is 0 Å². The van der Waals surface area contributed by atoms with Crippen molar-refractivity contribution in [2.75, 3.05) is 11.9 Å². The number of benzene rings is 1. The van der Waals surface area contributed by atoms with Crippen molar-refractivity contribution in [3.8, 4) is 0 Å². The molecule has 82 valence electrons. The van der Waals surface area contributed by atoms with Gasteiger partial charge in [-0.1, -0.05) is 22.9 Å². The van der Waals surface area contributed by atoms with Crippen LogP contribution in [0, 0.1) is 0 Å². The van der Waals surface area contributed by atoms with Gasteiger partial charge in [0.05, 0.1) is 5.56 Å². The molecule has 3 nitrogen and oxygen atoms in total. The van der Waals surface area contributed by atoms with Crippen LogP contribution in [0.25, 0.3) is 0 Å². The number of anilines is 1. The normalized spacial score (nSPS) is 10.1. The number of carbonyl (C=O) groups is 1. The van der Waals surface area contributed by atoms with E-state index in [4.69, 9.17) is 5.11 Å². The van der Waals surface area contributed by atoms with Gasteiger partial charge >= 0.3 is 5.97 Å². The largest absolute Gasteiger partial charge is 0.478 e. The van der Waals surface area contributed by atoms with E-state index in [9.17, 15) is 4.79 Å². The minimum Gasteiger partial charge on any atom is -0.478 e. The van der Waals surface area contributed by atoms with Crippen LogP contribution in [0.2, 0.25) is 0 Å². The second-order valence-electron chi connectivity index (χ2n) is 3.17. The van der Waals surface area contributed by atoms with Crippen LogP contribution in [-0.2, 0) is 6.42 Å². The SMILES string of the molecule is CCNc1cc(Br)cc(C(=O)O)c1CC. The predicted octanol–water partition coefficient (Wildman–Crippen LogP) is 3.14. The minimum atomic E-state index is -0.882. The Morgan fingerprint density at radius 3 is 2.60 bits per heavy atom. The molecule has 0 spiro atoms. The van der Waals surface area contributed by atoms with Gasteiger partial charge in [0.2, 0.25) is 0 Å². The fourth-order valence-corrected chi connectivity index (χ4v) is 2.01. The summed E-state index contributed by atoms with van der Waals surface area (Å²) in [5.74, 6) is -0.882. The lowest BCUT2D eigenvalue weighted by Gasteiger charge is -2.12. The molecule has 0 fully saturated rings. The van der Waals surface area contributed by atoms with Crippen molar-refractivity contribution < 1.29 is 9.90 Å². The highest BCUT2D eigenvalue weighted by Gasteiger charge is 2.13. The Balaban J connectivity index is 3.31. The molecule has 0 amide bonds. The van der Waals surface area contributed by atoms with Gasteiger partial charge in [-0.25, -0.2) is 4.79 Å². The number of hydrogen-bond donors (Lipinski definition) is 2. The zero-order valence-electron chi connectivity index (χ0n) is 8.80. The first kappa shape index (κ1) is 12.0. The van der Waals surface area contributed by atoms with Crippen LogP contribution in [0.15, 0.2) is 16.6 Å². The third-order valence-corrected chi connectivity index (χ3v) is 2.62. The molecule has 4 heteroatoms. The molecule has 0 aromatic heterocycles. The van der Waals surface area contributed by atoms with Gasteiger partial charge in [-0.15, -0.1) is 0 Å². The lowest BCUT2D eigenvalue weighted by Crippen LogP contribution is -2.07. The topological polar surface area (TPSA) is 49.3 Å². The number of halogens is 1. The first-order valence-electron chi connectivity index (χ1n) is 4.89. The fraction of sp³-hybridized carbons (Fsp3) is 0.364. The predicted molar refractivity (Wildman–Crippen MR) is 64.6 cm³/mol. The van der Waals surface area contributed by atoms with Crippen LogP contribution < -0.4 is 5.32 Å². The zero-order valence-corrected chi connectivity index (χ0v) is 10.4. The van der Waals surface area contributed by atoms with Gasteiger partial charge in [0.15, 0.2) is 0 Å². The molecule has 0 unspecified atom stereocenters. The van der Waals surface area contributed by atoms with E-state index in [2.05, 4.69) is 21.2 Å². The highest BCUT2D eigenvalue weighted by molar-refractivity contribution is 9.10. The molecule has 0 bridgehead atoms. The average Bonchev–Trinajstić information content (AvgIpc) is 2.17. The van der Waals surface area contributed by atoms with Crippen molar-refractivity contribution in [3.05, 3.63) is 27.7 Å². The smallest absolute Gasteiger partial charge is 0.336 e.